The fourth-order valence-electron chi connectivity index (χ4n) is 3.20. The molecule has 0 bridgehead atoms. The molecule has 0 aromatic heterocycles. The van der Waals surface area contributed by atoms with Crippen molar-refractivity contribution in [3.63, 3.8) is 0 Å². The number of guanidine groups is 1. The highest BCUT2D eigenvalue weighted by Gasteiger charge is 2.25. The van der Waals surface area contributed by atoms with Crippen LogP contribution in [0.5, 0.6) is 0 Å². The van der Waals surface area contributed by atoms with Crippen molar-refractivity contribution >= 4 is 29.9 Å². The third-order valence-corrected chi connectivity index (χ3v) is 4.27. The molecule has 1 aliphatic heterocycles. The van der Waals surface area contributed by atoms with Gasteiger partial charge in [0.25, 0.3) is 0 Å². The van der Waals surface area contributed by atoms with Crippen molar-refractivity contribution in [1.29, 1.82) is 0 Å². The topological polar surface area (TPSA) is 30.9 Å². The van der Waals surface area contributed by atoms with Crippen molar-refractivity contribution in [1.82, 2.24) is 15.1 Å². The van der Waals surface area contributed by atoms with Gasteiger partial charge in [0.2, 0.25) is 0 Å². The summed E-state index contributed by atoms with van der Waals surface area (Å²) in [6.45, 7) is 12.6. The molecule has 1 aromatic rings. The molecule has 23 heavy (non-hydrogen) atoms. The lowest BCUT2D eigenvalue weighted by Crippen LogP contribution is -2.53. The average Bonchev–Trinajstić information content (AvgIpc) is 2.57. The van der Waals surface area contributed by atoms with Crippen molar-refractivity contribution in [2.75, 3.05) is 39.3 Å². The summed E-state index contributed by atoms with van der Waals surface area (Å²) in [5, 5.41) is 3.40. The van der Waals surface area contributed by atoms with Gasteiger partial charge < -0.3 is 10.2 Å². The van der Waals surface area contributed by atoms with Gasteiger partial charge in [0.05, 0.1) is 0 Å². The molecule has 1 saturated heterocycles. The number of benzene rings is 1. The maximum atomic E-state index is 4.60. The second-order valence-corrected chi connectivity index (χ2v) is 5.69. The molecule has 0 radical (unpaired) electrons. The predicted molar refractivity (Wildman–Crippen MR) is 110 cm³/mol. The fourth-order valence-corrected chi connectivity index (χ4v) is 3.20. The van der Waals surface area contributed by atoms with E-state index in [-0.39, 0.29) is 24.0 Å². The molecule has 0 amide bonds. The van der Waals surface area contributed by atoms with Crippen LogP contribution in [0.3, 0.4) is 0 Å². The Hall–Kier alpha value is -0.820. The van der Waals surface area contributed by atoms with E-state index in [2.05, 4.69) is 71.2 Å². The van der Waals surface area contributed by atoms with Crippen LogP contribution in [0.15, 0.2) is 35.3 Å². The summed E-state index contributed by atoms with van der Waals surface area (Å²) in [6, 6.07) is 11.4. The molecule has 1 fully saturated rings. The summed E-state index contributed by atoms with van der Waals surface area (Å²) in [5.74, 6) is 1.07. The van der Waals surface area contributed by atoms with Crippen LogP contribution >= 0.6 is 24.0 Å². The molecule has 1 heterocycles. The van der Waals surface area contributed by atoms with E-state index in [9.17, 15) is 0 Å². The standard InChI is InChI=1S/C18H30N4.HI/c1-4-17(16-10-8-7-9-11-16)21-12-14-22(15-13-21)18(19-5-2)20-6-3;/h7-11,17H,4-6,12-15H2,1-3H3,(H,19,20);1H. The molecule has 5 heteroatoms. The first-order valence-corrected chi connectivity index (χ1v) is 8.62. The van der Waals surface area contributed by atoms with Crippen LogP contribution in [0.1, 0.15) is 38.8 Å². The molecular formula is C18H31IN4. The van der Waals surface area contributed by atoms with Crippen molar-refractivity contribution in [2.24, 2.45) is 4.99 Å². The van der Waals surface area contributed by atoms with Crippen molar-refractivity contribution in [3.8, 4) is 0 Å². The van der Waals surface area contributed by atoms with E-state index in [1.54, 1.807) is 0 Å². The third-order valence-electron chi connectivity index (χ3n) is 4.27. The van der Waals surface area contributed by atoms with E-state index in [0.29, 0.717) is 6.04 Å². The average molecular weight is 430 g/mol. The molecule has 1 unspecified atom stereocenters. The Bertz CT molecular complexity index is 455. The number of rotatable bonds is 5. The quantitative estimate of drug-likeness (QED) is 0.442. The molecule has 1 N–H and O–H groups in total. The van der Waals surface area contributed by atoms with E-state index >= 15 is 0 Å². The second-order valence-electron chi connectivity index (χ2n) is 5.69. The van der Waals surface area contributed by atoms with Crippen LogP contribution < -0.4 is 5.32 Å². The Labute approximate surface area is 158 Å². The Balaban J connectivity index is 0.00000264. The molecule has 0 aliphatic carbocycles. The molecule has 4 nitrogen and oxygen atoms in total. The first kappa shape index (κ1) is 20.2. The number of nitrogens with one attached hydrogen (secondary N) is 1. The smallest absolute Gasteiger partial charge is 0.193 e. The summed E-state index contributed by atoms with van der Waals surface area (Å²) in [4.78, 5) is 9.60. The summed E-state index contributed by atoms with van der Waals surface area (Å²) >= 11 is 0. The van der Waals surface area contributed by atoms with Crippen molar-refractivity contribution < 1.29 is 0 Å². The second kappa shape index (κ2) is 10.9. The van der Waals surface area contributed by atoms with E-state index < -0.39 is 0 Å². The first-order chi connectivity index (χ1) is 10.8. The van der Waals surface area contributed by atoms with Gasteiger partial charge in [0, 0.05) is 45.3 Å². The van der Waals surface area contributed by atoms with E-state index in [4.69, 9.17) is 0 Å². The molecular weight excluding hydrogens is 399 g/mol. The largest absolute Gasteiger partial charge is 0.357 e. The first-order valence-electron chi connectivity index (χ1n) is 8.62. The van der Waals surface area contributed by atoms with Crippen LogP contribution in [0, 0.1) is 0 Å². The minimum Gasteiger partial charge on any atom is -0.357 e. The minimum absolute atomic E-state index is 0. The molecule has 0 spiro atoms. The molecule has 1 atom stereocenters. The van der Waals surface area contributed by atoms with Gasteiger partial charge in [0.1, 0.15) is 0 Å². The van der Waals surface area contributed by atoms with Crippen LogP contribution in [-0.4, -0.2) is 55.0 Å². The normalized spacial score (nSPS) is 17.5. The van der Waals surface area contributed by atoms with Gasteiger partial charge in [-0.15, -0.1) is 24.0 Å². The molecule has 130 valence electrons. The minimum atomic E-state index is 0. The number of aliphatic imine (C=N–C) groups is 1. The van der Waals surface area contributed by atoms with Gasteiger partial charge in [-0.25, -0.2) is 0 Å². The number of hydrogen-bond donors (Lipinski definition) is 1. The van der Waals surface area contributed by atoms with Crippen LogP contribution in [0.2, 0.25) is 0 Å². The van der Waals surface area contributed by atoms with Crippen LogP contribution in [0.25, 0.3) is 0 Å². The lowest BCUT2D eigenvalue weighted by atomic mass is 10.0. The lowest BCUT2D eigenvalue weighted by molar-refractivity contribution is 0.127. The summed E-state index contributed by atoms with van der Waals surface area (Å²) in [5.41, 5.74) is 1.44. The van der Waals surface area contributed by atoms with Gasteiger partial charge >= 0.3 is 0 Å². The van der Waals surface area contributed by atoms with Crippen molar-refractivity contribution in [3.05, 3.63) is 35.9 Å². The maximum absolute atomic E-state index is 4.60. The van der Waals surface area contributed by atoms with Gasteiger partial charge in [-0.2, -0.15) is 0 Å². The highest BCUT2D eigenvalue weighted by molar-refractivity contribution is 14.0. The van der Waals surface area contributed by atoms with Crippen LogP contribution in [0.4, 0.5) is 0 Å². The number of piperazine rings is 1. The van der Waals surface area contributed by atoms with Gasteiger partial charge in [-0.1, -0.05) is 37.3 Å². The zero-order chi connectivity index (χ0) is 15.8. The highest BCUT2D eigenvalue weighted by atomic mass is 127. The monoisotopic (exact) mass is 430 g/mol. The zero-order valence-electron chi connectivity index (χ0n) is 14.7. The predicted octanol–water partition coefficient (Wildman–Crippen LogP) is 3.36. The van der Waals surface area contributed by atoms with Crippen LogP contribution in [-0.2, 0) is 0 Å². The Morgan fingerprint density at radius 3 is 2.26 bits per heavy atom. The summed E-state index contributed by atoms with van der Waals surface area (Å²) in [6.07, 6.45) is 1.16. The third kappa shape index (κ3) is 5.64. The van der Waals surface area contributed by atoms with Gasteiger partial charge in [0.15, 0.2) is 5.96 Å². The fraction of sp³-hybridized carbons (Fsp3) is 0.611. The summed E-state index contributed by atoms with van der Waals surface area (Å²) in [7, 11) is 0. The molecule has 0 saturated carbocycles. The Kier molecular flexibility index (Phi) is 9.55. The number of nitrogens with zero attached hydrogens (tertiary/aromatic N) is 3. The van der Waals surface area contributed by atoms with E-state index in [0.717, 1.165) is 51.6 Å². The van der Waals surface area contributed by atoms with Gasteiger partial charge in [-0.05, 0) is 25.8 Å². The molecule has 2 rings (SSSR count). The van der Waals surface area contributed by atoms with E-state index in [1.165, 1.54) is 5.56 Å². The summed E-state index contributed by atoms with van der Waals surface area (Å²) < 4.78 is 0. The zero-order valence-corrected chi connectivity index (χ0v) is 17.0. The SMILES string of the molecule is CCN=C(NCC)N1CCN(C(CC)c2ccccc2)CC1.I. The van der Waals surface area contributed by atoms with Crippen molar-refractivity contribution in [2.45, 2.75) is 33.2 Å². The van der Waals surface area contributed by atoms with E-state index in [1.807, 2.05) is 0 Å². The molecule has 1 aliphatic rings. The number of hydrogen-bond acceptors (Lipinski definition) is 2. The number of halogens is 1. The Morgan fingerprint density at radius 2 is 1.74 bits per heavy atom. The highest BCUT2D eigenvalue weighted by Crippen LogP contribution is 2.25. The Morgan fingerprint density at radius 1 is 1.09 bits per heavy atom. The maximum Gasteiger partial charge on any atom is 0.193 e. The molecule has 1 aromatic carbocycles. The van der Waals surface area contributed by atoms with Gasteiger partial charge in [-0.3, -0.25) is 9.89 Å². The lowest BCUT2D eigenvalue weighted by Gasteiger charge is -2.40.